The van der Waals surface area contributed by atoms with Crippen molar-refractivity contribution in [2.45, 2.75) is 20.0 Å². The monoisotopic (exact) mass is 201 g/mol. The molecule has 0 spiro atoms. The van der Waals surface area contributed by atoms with E-state index in [-0.39, 0.29) is 12.5 Å². The predicted octanol–water partition coefficient (Wildman–Crippen LogP) is -0.0429. The van der Waals surface area contributed by atoms with Crippen LogP contribution in [0.1, 0.15) is 21.7 Å². The van der Waals surface area contributed by atoms with E-state index in [0.29, 0.717) is 5.01 Å². The summed E-state index contributed by atoms with van der Waals surface area (Å²) in [6.45, 7) is 3.62. The molecule has 0 aliphatic carbocycles. The number of hydrogen-bond acceptors (Lipinski definition) is 5. The van der Waals surface area contributed by atoms with E-state index in [1.54, 1.807) is 13.8 Å². The first kappa shape index (κ1) is 10.1. The minimum Gasteiger partial charge on any atom is -0.392 e. The van der Waals surface area contributed by atoms with E-state index in [1.807, 2.05) is 0 Å². The van der Waals surface area contributed by atoms with Crippen molar-refractivity contribution >= 4 is 17.2 Å². The number of nitrogens with zero attached hydrogens (tertiary/aromatic N) is 2. The van der Waals surface area contributed by atoms with Crippen LogP contribution in [0.4, 0.5) is 0 Å². The lowest BCUT2D eigenvalue weighted by Gasteiger charge is -2.03. The highest BCUT2D eigenvalue weighted by Crippen LogP contribution is 2.06. The Bertz CT molecular complexity index is 298. The molecule has 1 aromatic heterocycles. The molecule has 0 saturated heterocycles. The molecule has 0 bridgehead atoms. The first-order valence-electron chi connectivity index (χ1n) is 3.86. The molecule has 1 atom stereocenters. The lowest BCUT2D eigenvalue weighted by molar-refractivity contribution is 0.0923. The van der Waals surface area contributed by atoms with E-state index in [9.17, 15) is 4.79 Å². The number of aliphatic hydroxyl groups excluding tert-OH is 1. The quantitative estimate of drug-likeness (QED) is 0.719. The lowest BCUT2D eigenvalue weighted by Crippen LogP contribution is -2.30. The van der Waals surface area contributed by atoms with Gasteiger partial charge in [0.15, 0.2) is 0 Å². The third kappa shape index (κ3) is 3.08. The first-order chi connectivity index (χ1) is 6.09. The number of carbonyl (C=O) groups is 1. The highest BCUT2D eigenvalue weighted by atomic mass is 32.1. The van der Waals surface area contributed by atoms with E-state index in [0.717, 1.165) is 5.01 Å². The molecule has 0 radical (unpaired) electrons. The van der Waals surface area contributed by atoms with Gasteiger partial charge in [-0.3, -0.25) is 4.79 Å². The first-order valence-corrected chi connectivity index (χ1v) is 4.67. The molecule has 1 aromatic rings. The molecule has 6 heteroatoms. The van der Waals surface area contributed by atoms with Gasteiger partial charge in [-0.2, -0.15) is 0 Å². The Kier molecular flexibility index (Phi) is 3.32. The zero-order chi connectivity index (χ0) is 9.84. The smallest absolute Gasteiger partial charge is 0.282 e. The summed E-state index contributed by atoms with van der Waals surface area (Å²) in [6.07, 6.45) is -0.544. The SMILES string of the molecule is Cc1nnc(C(=O)NC[C@@H](C)O)s1. The van der Waals surface area contributed by atoms with E-state index in [4.69, 9.17) is 5.11 Å². The van der Waals surface area contributed by atoms with Gasteiger partial charge in [-0.1, -0.05) is 11.3 Å². The molecule has 2 N–H and O–H groups in total. The van der Waals surface area contributed by atoms with Crippen LogP contribution in [0.15, 0.2) is 0 Å². The van der Waals surface area contributed by atoms with Gasteiger partial charge in [-0.25, -0.2) is 0 Å². The Morgan fingerprint density at radius 3 is 2.85 bits per heavy atom. The topological polar surface area (TPSA) is 75.1 Å². The van der Waals surface area contributed by atoms with Crippen LogP contribution in [-0.4, -0.2) is 33.9 Å². The van der Waals surface area contributed by atoms with E-state index in [2.05, 4.69) is 15.5 Å². The minimum absolute atomic E-state index is 0.234. The molecule has 1 rings (SSSR count). The Balaban J connectivity index is 2.49. The maximum Gasteiger partial charge on any atom is 0.282 e. The largest absolute Gasteiger partial charge is 0.392 e. The van der Waals surface area contributed by atoms with Crippen molar-refractivity contribution in [1.29, 1.82) is 0 Å². The van der Waals surface area contributed by atoms with E-state index >= 15 is 0 Å². The van der Waals surface area contributed by atoms with Crippen molar-refractivity contribution in [2.75, 3.05) is 6.54 Å². The maximum atomic E-state index is 11.2. The van der Waals surface area contributed by atoms with Gasteiger partial charge >= 0.3 is 0 Å². The fraction of sp³-hybridized carbons (Fsp3) is 0.571. The summed E-state index contributed by atoms with van der Waals surface area (Å²) < 4.78 is 0. The molecule has 0 aliphatic heterocycles. The van der Waals surface area contributed by atoms with Crippen molar-refractivity contribution in [3.63, 3.8) is 0 Å². The summed E-state index contributed by atoms with van der Waals surface area (Å²) in [5, 5.41) is 19.9. The second-order valence-corrected chi connectivity index (χ2v) is 3.87. The summed E-state index contributed by atoms with van der Waals surface area (Å²) in [5.74, 6) is -0.286. The average Bonchev–Trinajstić information content (AvgIpc) is 2.47. The van der Waals surface area contributed by atoms with Crippen molar-refractivity contribution in [3.05, 3.63) is 10.0 Å². The molecular formula is C7H11N3O2S. The molecule has 5 nitrogen and oxygen atoms in total. The summed E-state index contributed by atoms with van der Waals surface area (Å²) in [5.41, 5.74) is 0. The van der Waals surface area contributed by atoms with Gasteiger partial charge in [0.1, 0.15) is 5.01 Å². The summed E-state index contributed by atoms with van der Waals surface area (Å²) in [7, 11) is 0. The van der Waals surface area contributed by atoms with Gasteiger partial charge in [-0.05, 0) is 13.8 Å². The normalized spacial score (nSPS) is 12.5. The van der Waals surface area contributed by atoms with Crippen LogP contribution >= 0.6 is 11.3 Å². The molecule has 13 heavy (non-hydrogen) atoms. The number of aliphatic hydroxyl groups is 1. The standard InChI is InChI=1S/C7H11N3O2S/c1-4(11)3-8-6(12)7-10-9-5(2)13-7/h4,11H,3H2,1-2H3,(H,8,12)/t4-/m1/s1. The van der Waals surface area contributed by atoms with Crippen LogP contribution in [0.25, 0.3) is 0 Å². The van der Waals surface area contributed by atoms with Crippen LogP contribution in [0.2, 0.25) is 0 Å². The Morgan fingerprint density at radius 1 is 1.69 bits per heavy atom. The Morgan fingerprint density at radius 2 is 2.38 bits per heavy atom. The highest BCUT2D eigenvalue weighted by molar-refractivity contribution is 7.13. The Hall–Kier alpha value is -1.01. The van der Waals surface area contributed by atoms with Crippen LogP contribution in [0.3, 0.4) is 0 Å². The molecule has 0 aliphatic rings. The second-order valence-electron chi connectivity index (χ2n) is 2.69. The van der Waals surface area contributed by atoms with Gasteiger partial charge in [0.25, 0.3) is 5.91 Å². The van der Waals surface area contributed by atoms with Crippen molar-refractivity contribution < 1.29 is 9.90 Å². The molecule has 1 heterocycles. The summed E-state index contributed by atoms with van der Waals surface area (Å²) in [6, 6.07) is 0. The number of amides is 1. The number of carbonyl (C=O) groups excluding carboxylic acids is 1. The zero-order valence-corrected chi connectivity index (χ0v) is 8.26. The van der Waals surface area contributed by atoms with Crippen LogP contribution in [0.5, 0.6) is 0 Å². The number of hydrogen-bond donors (Lipinski definition) is 2. The molecule has 1 amide bonds. The van der Waals surface area contributed by atoms with Gasteiger partial charge in [-0.15, -0.1) is 10.2 Å². The second kappa shape index (κ2) is 4.29. The third-order valence-corrected chi connectivity index (χ3v) is 2.12. The maximum absolute atomic E-state index is 11.2. The van der Waals surface area contributed by atoms with E-state index in [1.165, 1.54) is 11.3 Å². The minimum atomic E-state index is -0.544. The summed E-state index contributed by atoms with van der Waals surface area (Å²) >= 11 is 1.23. The fourth-order valence-corrected chi connectivity index (χ4v) is 1.31. The number of rotatable bonds is 3. The third-order valence-electron chi connectivity index (χ3n) is 1.28. The van der Waals surface area contributed by atoms with Gasteiger partial charge in [0.05, 0.1) is 6.10 Å². The van der Waals surface area contributed by atoms with Crippen molar-refractivity contribution in [2.24, 2.45) is 0 Å². The van der Waals surface area contributed by atoms with Crippen LogP contribution in [-0.2, 0) is 0 Å². The van der Waals surface area contributed by atoms with Gasteiger partial charge in [0.2, 0.25) is 5.01 Å². The average molecular weight is 201 g/mol. The predicted molar refractivity (Wildman–Crippen MR) is 48.7 cm³/mol. The van der Waals surface area contributed by atoms with Gasteiger partial charge < -0.3 is 10.4 Å². The molecule has 0 fully saturated rings. The lowest BCUT2D eigenvalue weighted by atomic mass is 10.4. The van der Waals surface area contributed by atoms with E-state index < -0.39 is 6.10 Å². The fourth-order valence-electron chi connectivity index (χ4n) is 0.704. The molecule has 72 valence electrons. The zero-order valence-electron chi connectivity index (χ0n) is 7.44. The molecule has 0 unspecified atom stereocenters. The summed E-state index contributed by atoms with van der Waals surface area (Å²) in [4.78, 5) is 11.2. The highest BCUT2D eigenvalue weighted by Gasteiger charge is 2.10. The Labute approximate surface area is 79.8 Å². The molecular weight excluding hydrogens is 190 g/mol. The number of aromatic nitrogens is 2. The van der Waals surface area contributed by atoms with Gasteiger partial charge in [0, 0.05) is 6.54 Å². The van der Waals surface area contributed by atoms with Crippen molar-refractivity contribution in [1.82, 2.24) is 15.5 Å². The van der Waals surface area contributed by atoms with Crippen LogP contribution < -0.4 is 5.32 Å². The molecule has 0 saturated carbocycles. The molecule has 0 aromatic carbocycles. The number of nitrogens with one attached hydrogen (secondary N) is 1. The van der Waals surface area contributed by atoms with Crippen molar-refractivity contribution in [3.8, 4) is 0 Å². The number of aryl methyl sites for hydroxylation is 1. The van der Waals surface area contributed by atoms with Crippen LogP contribution in [0, 0.1) is 6.92 Å².